The molecule has 0 radical (unpaired) electrons. The first-order valence-corrected chi connectivity index (χ1v) is 11.1. The van der Waals surface area contributed by atoms with Gasteiger partial charge in [0.2, 0.25) is 17.6 Å². The van der Waals surface area contributed by atoms with Crippen LogP contribution in [0, 0.1) is 11.8 Å². The summed E-state index contributed by atoms with van der Waals surface area (Å²) in [7, 11) is 1.42. The van der Waals surface area contributed by atoms with Crippen LogP contribution >= 0.6 is 11.6 Å². The Hall–Kier alpha value is -2.45. The minimum atomic E-state index is -0.166. The van der Waals surface area contributed by atoms with Gasteiger partial charge in [-0.05, 0) is 63.0 Å². The number of halogens is 1. The molecule has 0 bridgehead atoms. The van der Waals surface area contributed by atoms with Crippen molar-refractivity contribution < 1.29 is 18.8 Å². The molecule has 2 fully saturated rings. The summed E-state index contributed by atoms with van der Waals surface area (Å²) in [6, 6.07) is 7.32. The van der Waals surface area contributed by atoms with E-state index in [9.17, 15) is 9.59 Å². The van der Waals surface area contributed by atoms with E-state index in [1.54, 1.807) is 12.1 Å². The maximum atomic E-state index is 12.9. The van der Waals surface area contributed by atoms with Gasteiger partial charge in [-0.25, -0.2) is 0 Å². The predicted octanol–water partition coefficient (Wildman–Crippen LogP) is 3.01. The van der Waals surface area contributed by atoms with Crippen LogP contribution in [0.3, 0.4) is 0 Å². The standard InChI is InChI=1S/C22H27ClN4O4/c1-30-22(29)17-8-12-27(13-9-17)21(28)16-6-10-26(11-7-16)14-19-24-20(25-31-19)15-2-4-18(23)5-3-15/h2-5,16-17H,6-14H2,1H3. The van der Waals surface area contributed by atoms with E-state index in [1.165, 1.54) is 7.11 Å². The zero-order chi connectivity index (χ0) is 21.8. The molecule has 2 aliphatic heterocycles. The van der Waals surface area contributed by atoms with Crippen LogP contribution in [0.25, 0.3) is 11.4 Å². The molecule has 31 heavy (non-hydrogen) atoms. The number of aromatic nitrogens is 2. The molecule has 2 saturated heterocycles. The van der Waals surface area contributed by atoms with Gasteiger partial charge in [0, 0.05) is 29.6 Å². The van der Waals surface area contributed by atoms with Gasteiger partial charge in [-0.2, -0.15) is 4.98 Å². The predicted molar refractivity (Wildman–Crippen MR) is 114 cm³/mol. The fraction of sp³-hybridized carbons (Fsp3) is 0.545. The Labute approximate surface area is 186 Å². The summed E-state index contributed by atoms with van der Waals surface area (Å²) in [5.74, 6) is 1.12. The lowest BCUT2D eigenvalue weighted by Crippen LogP contribution is -2.46. The van der Waals surface area contributed by atoms with E-state index in [2.05, 4.69) is 15.0 Å². The van der Waals surface area contributed by atoms with E-state index in [-0.39, 0.29) is 23.7 Å². The number of ether oxygens (including phenoxy) is 1. The second kappa shape index (κ2) is 9.78. The Morgan fingerprint density at radius 1 is 1.06 bits per heavy atom. The third-order valence-electron chi connectivity index (χ3n) is 6.21. The van der Waals surface area contributed by atoms with Crippen molar-refractivity contribution in [1.29, 1.82) is 0 Å². The van der Waals surface area contributed by atoms with Crippen molar-refractivity contribution in [2.45, 2.75) is 32.2 Å². The average molecular weight is 447 g/mol. The van der Waals surface area contributed by atoms with Gasteiger partial charge in [-0.3, -0.25) is 14.5 Å². The van der Waals surface area contributed by atoms with Gasteiger partial charge in [-0.1, -0.05) is 16.8 Å². The van der Waals surface area contributed by atoms with Crippen LogP contribution in [0.2, 0.25) is 5.02 Å². The summed E-state index contributed by atoms with van der Waals surface area (Å²) in [5, 5.41) is 4.73. The highest BCUT2D eigenvalue weighted by Gasteiger charge is 2.33. The smallest absolute Gasteiger partial charge is 0.308 e. The lowest BCUT2D eigenvalue weighted by Gasteiger charge is -2.36. The van der Waals surface area contributed by atoms with E-state index in [0.29, 0.717) is 49.2 Å². The zero-order valence-electron chi connectivity index (χ0n) is 17.6. The van der Waals surface area contributed by atoms with Crippen LogP contribution in [0.4, 0.5) is 0 Å². The molecule has 0 N–H and O–H groups in total. The molecule has 1 aromatic carbocycles. The van der Waals surface area contributed by atoms with Crippen molar-refractivity contribution in [3.05, 3.63) is 35.2 Å². The summed E-state index contributed by atoms with van der Waals surface area (Å²) < 4.78 is 10.2. The summed E-state index contributed by atoms with van der Waals surface area (Å²) in [4.78, 5) is 33.2. The number of piperidine rings is 2. The summed E-state index contributed by atoms with van der Waals surface area (Å²) in [5.41, 5.74) is 0.861. The molecular formula is C22H27ClN4O4. The maximum Gasteiger partial charge on any atom is 0.308 e. The van der Waals surface area contributed by atoms with Gasteiger partial charge in [0.05, 0.1) is 19.6 Å². The van der Waals surface area contributed by atoms with E-state index in [1.807, 2.05) is 17.0 Å². The molecule has 0 aliphatic carbocycles. The molecule has 0 unspecified atom stereocenters. The number of carbonyl (C=O) groups excluding carboxylic acids is 2. The highest BCUT2D eigenvalue weighted by Crippen LogP contribution is 2.25. The second-order valence-corrected chi connectivity index (χ2v) is 8.63. The Bertz CT molecular complexity index is 900. The first kappa shape index (κ1) is 21.8. The normalized spacial score (nSPS) is 18.8. The molecule has 9 heteroatoms. The Morgan fingerprint density at radius 2 is 1.71 bits per heavy atom. The third-order valence-corrected chi connectivity index (χ3v) is 6.46. The minimum Gasteiger partial charge on any atom is -0.469 e. The largest absolute Gasteiger partial charge is 0.469 e. The van der Waals surface area contributed by atoms with Crippen molar-refractivity contribution in [1.82, 2.24) is 19.9 Å². The van der Waals surface area contributed by atoms with Gasteiger partial charge in [0.25, 0.3) is 0 Å². The number of rotatable bonds is 5. The highest BCUT2D eigenvalue weighted by molar-refractivity contribution is 6.30. The highest BCUT2D eigenvalue weighted by atomic mass is 35.5. The molecule has 1 aromatic heterocycles. The number of methoxy groups -OCH3 is 1. The van der Waals surface area contributed by atoms with E-state index < -0.39 is 0 Å². The van der Waals surface area contributed by atoms with Crippen molar-refractivity contribution in [3.63, 3.8) is 0 Å². The van der Waals surface area contributed by atoms with Crippen LogP contribution in [0.1, 0.15) is 31.6 Å². The fourth-order valence-corrected chi connectivity index (χ4v) is 4.45. The van der Waals surface area contributed by atoms with Crippen molar-refractivity contribution >= 4 is 23.5 Å². The van der Waals surface area contributed by atoms with Crippen LogP contribution < -0.4 is 0 Å². The molecule has 1 amide bonds. The summed E-state index contributed by atoms with van der Waals surface area (Å²) >= 11 is 5.93. The van der Waals surface area contributed by atoms with Crippen LogP contribution in [0.15, 0.2) is 28.8 Å². The minimum absolute atomic E-state index is 0.0400. The number of hydrogen-bond donors (Lipinski definition) is 0. The molecule has 2 aliphatic rings. The Kier molecular flexibility index (Phi) is 6.87. The Balaban J connectivity index is 1.24. The lowest BCUT2D eigenvalue weighted by atomic mass is 9.92. The van der Waals surface area contributed by atoms with E-state index in [4.69, 9.17) is 20.9 Å². The number of likely N-dealkylation sites (tertiary alicyclic amines) is 2. The lowest BCUT2D eigenvalue weighted by molar-refractivity contribution is -0.150. The zero-order valence-corrected chi connectivity index (χ0v) is 18.4. The van der Waals surface area contributed by atoms with Crippen molar-refractivity contribution in [2.24, 2.45) is 11.8 Å². The molecule has 0 atom stereocenters. The number of nitrogens with zero attached hydrogens (tertiary/aromatic N) is 4. The van der Waals surface area contributed by atoms with Gasteiger partial charge >= 0.3 is 5.97 Å². The molecule has 4 rings (SSSR count). The number of hydrogen-bond acceptors (Lipinski definition) is 7. The van der Waals surface area contributed by atoms with Gasteiger partial charge in [0.15, 0.2) is 0 Å². The average Bonchev–Trinajstić information content (AvgIpc) is 3.27. The van der Waals surface area contributed by atoms with Crippen LogP contribution in [-0.4, -0.2) is 65.1 Å². The van der Waals surface area contributed by atoms with Gasteiger partial charge < -0.3 is 14.2 Å². The van der Waals surface area contributed by atoms with Crippen LogP contribution in [-0.2, 0) is 20.9 Å². The number of esters is 1. The Morgan fingerprint density at radius 3 is 2.35 bits per heavy atom. The van der Waals surface area contributed by atoms with Gasteiger partial charge in [-0.15, -0.1) is 0 Å². The summed E-state index contributed by atoms with van der Waals surface area (Å²) in [6.07, 6.45) is 3.00. The van der Waals surface area contributed by atoms with Gasteiger partial charge in [0.1, 0.15) is 0 Å². The van der Waals surface area contributed by atoms with Crippen molar-refractivity contribution in [2.75, 3.05) is 33.3 Å². The van der Waals surface area contributed by atoms with E-state index >= 15 is 0 Å². The quantitative estimate of drug-likeness (QED) is 0.652. The molecule has 3 heterocycles. The molecular weight excluding hydrogens is 420 g/mol. The SMILES string of the molecule is COC(=O)C1CCN(C(=O)C2CCN(Cc3nc(-c4ccc(Cl)cc4)no3)CC2)CC1. The number of carbonyl (C=O) groups is 2. The monoisotopic (exact) mass is 446 g/mol. The van der Waals surface area contributed by atoms with Crippen LogP contribution in [0.5, 0.6) is 0 Å². The molecule has 8 nitrogen and oxygen atoms in total. The van der Waals surface area contributed by atoms with Crippen molar-refractivity contribution in [3.8, 4) is 11.4 Å². The third kappa shape index (κ3) is 5.25. The maximum absolute atomic E-state index is 12.9. The second-order valence-electron chi connectivity index (χ2n) is 8.19. The first-order chi connectivity index (χ1) is 15.0. The summed E-state index contributed by atoms with van der Waals surface area (Å²) in [6.45, 7) is 3.47. The van der Waals surface area contributed by atoms with E-state index in [0.717, 1.165) is 31.5 Å². The molecule has 2 aromatic rings. The number of amides is 1. The molecule has 166 valence electrons. The topological polar surface area (TPSA) is 88.8 Å². The molecule has 0 spiro atoms. The first-order valence-electron chi connectivity index (χ1n) is 10.7. The number of benzene rings is 1. The fourth-order valence-electron chi connectivity index (χ4n) is 4.33. The molecule has 0 saturated carbocycles.